The number of aromatic nitrogens is 2. The van der Waals surface area contributed by atoms with Crippen molar-refractivity contribution in [2.45, 2.75) is 25.7 Å². The molecule has 0 aliphatic carbocycles. The third kappa shape index (κ3) is 4.32. The van der Waals surface area contributed by atoms with Crippen molar-refractivity contribution in [3.05, 3.63) is 64.7 Å². The highest BCUT2D eigenvalue weighted by atomic mass is 19.4. The summed E-state index contributed by atoms with van der Waals surface area (Å²) in [6.07, 6.45) is -1.26. The van der Waals surface area contributed by atoms with Gasteiger partial charge in [0.15, 0.2) is 5.49 Å². The number of nitrogens with one attached hydrogen (secondary N) is 1. The molecule has 172 valence electrons. The first-order chi connectivity index (χ1) is 15.8. The van der Waals surface area contributed by atoms with Crippen LogP contribution in [0, 0.1) is 0 Å². The number of nitrogens with two attached hydrogens (primary N) is 1. The number of nitrogens with zero attached hydrogens (tertiary/aromatic N) is 4. The van der Waals surface area contributed by atoms with Gasteiger partial charge in [-0.2, -0.15) is 18.2 Å². The molecule has 0 atom stereocenters. The quantitative estimate of drug-likeness (QED) is 0.590. The van der Waals surface area contributed by atoms with Crippen molar-refractivity contribution in [2.24, 2.45) is 4.99 Å². The minimum atomic E-state index is -4.46. The number of hydrogen-bond donors (Lipinski definition) is 2. The average Bonchev–Trinajstić information content (AvgIpc) is 3.25. The molecule has 5 rings (SSSR count). The van der Waals surface area contributed by atoms with Crippen molar-refractivity contribution >= 4 is 28.1 Å². The third-order valence-electron chi connectivity index (χ3n) is 6.15. The summed E-state index contributed by atoms with van der Waals surface area (Å²) in [4.78, 5) is 11.6. The van der Waals surface area contributed by atoms with E-state index in [1.54, 1.807) is 0 Å². The van der Waals surface area contributed by atoms with Crippen molar-refractivity contribution in [1.29, 1.82) is 0 Å². The van der Waals surface area contributed by atoms with E-state index in [0.717, 1.165) is 67.1 Å². The van der Waals surface area contributed by atoms with Crippen LogP contribution in [0.1, 0.15) is 23.1 Å². The largest absolute Gasteiger partial charge is 0.416 e. The van der Waals surface area contributed by atoms with E-state index in [9.17, 15) is 13.2 Å². The van der Waals surface area contributed by atoms with Crippen molar-refractivity contribution in [1.82, 2.24) is 14.5 Å². The number of rotatable bonds is 3. The molecule has 1 aromatic heterocycles. The number of fused-ring (bicyclic) bond motifs is 3. The van der Waals surface area contributed by atoms with Gasteiger partial charge < -0.3 is 20.5 Å². The summed E-state index contributed by atoms with van der Waals surface area (Å²) < 4.78 is 41.7. The fraction of sp³-hybridized carbons (Fsp3) is 0.333. The number of alkyl halides is 3. The van der Waals surface area contributed by atoms with Crippen LogP contribution >= 0.6 is 0 Å². The van der Waals surface area contributed by atoms with Gasteiger partial charge in [0, 0.05) is 37.3 Å². The standard InChI is InChI=1S/C24H25F3N6/c1-32-7-4-16(5-8-32)17-2-3-21-20(12-17)22(31-23-29-6-9-33(21)23)30-14-15-10-18(24(25,26)27)13-19(28)11-15/h2-4,10-13H,5-9,14,28H2,1H3,(H,29,30,31). The molecule has 3 aromatic rings. The minimum absolute atomic E-state index is 0.0530. The summed E-state index contributed by atoms with van der Waals surface area (Å²) in [5, 5.41) is 4.15. The van der Waals surface area contributed by atoms with Gasteiger partial charge in [0.2, 0.25) is 5.95 Å². The Hall–Kier alpha value is -3.33. The summed E-state index contributed by atoms with van der Waals surface area (Å²) in [6, 6.07) is 9.87. The summed E-state index contributed by atoms with van der Waals surface area (Å²) in [7, 11) is 2.10. The van der Waals surface area contributed by atoms with Crippen molar-refractivity contribution in [3.8, 4) is 0 Å². The second-order valence-electron chi connectivity index (χ2n) is 8.59. The van der Waals surface area contributed by atoms with Gasteiger partial charge in [-0.1, -0.05) is 12.1 Å². The van der Waals surface area contributed by atoms with Crippen LogP contribution < -0.4 is 16.5 Å². The van der Waals surface area contributed by atoms with Crippen LogP contribution in [-0.2, 0) is 19.3 Å². The zero-order chi connectivity index (χ0) is 23.2. The smallest absolute Gasteiger partial charge is 0.399 e. The van der Waals surface area contributed by atoms with Crippen LogP contribution in [0.2, 0.25) is 0 Å². The highest BCUT2D eigenvalue weighted by Gasteiger charge is 2.31. The van der Waals surface area contributed by atoms with Crippen LogP contribution in [0.15, 0.2) is 47.5 Å². The Labute approximate surface area is 189 Å². The Bertz CT molecular complexity index is 1320. The molecule has 0 amide bonds. The summed E-state index contributed by atoms with van der Waals surface area (Å²) in [5.74, 6) is 0.719. The lowest BCUT2D eigenvalue weighted by molar-refractivity contribution is -0.137. The summed E-state index contributed by atoms with van der Waals surface area (Å²) >= 11 is 0. The molecule has 0 fully saturated rings. The van der Waals surface area contributed by atoms with Crippen LogP contribution in [0.25, 0.3) is 16.5 Å². The molecule has 33 heavy (non-hydrogen) atoms. The fourth-order valence-corrected chi connectivity index (χ4v) is 4.42. The van der Waals surface area contributed by atoms with E-state index in [4.69, 9.17) is 10.7 Å². The molecule has 3 N–H and O–H groups in total. The van der Waals surface area contributed by atoms with Crippen molar-refractivity contribution in [2.75, 3.05) is 37.7 Å². The maximum Gasteiger partial charge on any atom is 0.416 e. The average molecular weight is 455 g/mol. The Morgan fingerprint density at radius 2 is 2.00 bits per heavy atom. The van der Waals surface area contributed by atoms with Gasteiger partial charge in [0.1, 0.15) is 0 Å². The first-order valence-electron chi connectivity index (χ1n) is 10.9. The first kappa shape index (κ1) is 21.5. The number of likely N-dealkylation sites (N-methyl/N-ethyl adjacent to an activating group) is 1. The van der Waals surface area contributed by atoms with E-state index in [0.29, 0.717) is 11.1 Å². The predicted octanol–water partition coefficient (Wildman–Crippen LogP) is 3.88. The first-order valence-corrected chi connectivity index (χ1v) is 10.9. The molecule has 2 aliphatic rings. The van der Waals surface area contributed by atoms with Gasteiger partial charge in [0.05, 0.1) is 17.6 Å². The van der Waals surface area contributed by atoms with E-state index in [-0.39, 0.29) is 12.2 Å². The maximum absolute atomic E-state index is 13.2. The second-order valence-corrected chi connectivity index (χ2v) is 8.59. The molecule has 2 aromatic carbocycles. The number of anilines is 2. The van der Waals surface area contributed by atoms with Crippen LogP contribution in [0.5, 0.6) is 0 Å². The normalized spacial score (nSPS) is 17.2. The molecule has 0 saturated carbocycles. The Kier molecular flexibility index (Phi) is 5.36. The van der Waals surface area contributed by atoms with Crippen molar-refractivity contribution in [3.63, 3.8) is 0 Å². The number of benzene rings is 2. The highest BCUT2D eigenvalue weighted by molar-refractivity contribution is 5.84. The van der Waals surface area contributed by atoms with Crippen molar-refractivity contribution < 1.29 is 13.2 Å². The SMILES string of the molecule is CN1CC=C(c2ccc3c(c2)c(=NCc2cc(N)cc(C(F)(F)F)c2)nc2n3CCN2)CC1. The second kappa shape index (κ2) is 8.22. The molecule has 0 bridgehead atoms. The Morgan fingerprint density at radius 1 is 1.15 bits per heavy atom. The van der Waals surface area contributed by atoms with Gasteiger partial charge in [-0.05, 0) is 60.5 Å². The molecule has 0 radical (unpaired) electrons. The van der Waals surface area contributed by atoms with Gasteiger partial charge in [-0.3, -0.25) is 4.99 Å². The zero-order valence-corrected chi connectivity index (χ0v) is 18.3. The molecular formula is C24H25F3N6. The van der Waals surface area contributed by atoms with Gasteiger partial charge >= 0.3 is 6.18 Å². The van der Waals surface area contributed by atoms with Gasteiger partial charge in [-0.25, -0.2) is 0 Å². The third-order valence-corrected chi connectivity index (χ3v) is 6.15. The fourth-order valence-electron chi connectivity index (χ4n) is 4.42. The van der Waals surface area contributed by atoms with Crippen LogP contribution in [0.3, 0.4) is 0 Å². The van der Waals surface area contributed by atoms with Crippen LogP contribution in [0.4, 0.5) is 24.8 Å². The number of halogens is 3. The highest BCUT2D eigenvalue weighted by Crippen LogP contribution is 2.31. The minimum Gasteiger partial charge on any atom is -0.399 e. The lowest BCUT2D eigenvalue weighted by Gasteiger charge is -2.22. The molecular weight excluding hydrogens is 429 g/mol. The molecule has 6 nitrogen and oxygen atoms in total. The van der Waals surface area contributed by atoms with E-state index >= 15 is 0 Å². The molecule has 0 saturated heterocycles. The Balaban J connectivity index is 1.60. The van der Waals surface area contributed by atoms with Crippen LogP contribution in [-0.4, -0.2) is 41.1 Å². The Morgan fingerprint density at radius 3 is 2.76 bits per heavy atom. The topological polar surface area (TPSA) is 71.5 Å². The van der Waals surface area contributed by atoms with Gasteiger partial charge in [-0.15, -0.1) is 0 Å². The van der Waals surface area contributed by atoms with Gasteiger partial charge in [0.25, 0.3) is 0 Å². The zero-order valence-electron chi connectivity index (χ0n) is 18.3. The molecule has 2 aliphatic heterocycles. The molecule has 0 unspecified atom stereocenters. The summed E-state index contributed by atoms with van der Waals surface area (Å²) in [6.45, 7) is 3.53. The number of nitrogen functional groups attached to an aromatic ring is 1. The lowest BCUT2D eigenvalue weighted by atomic mass is 9.98. The predicted molar refractivity (Wildman–Crippen MR) is 123 cm³/mol. The number of hydrogen-bond acceptors (Lipinski definition) is 5. The maximum atomic E-state index is 13.2. The monoisotopic (exact) mass is 454 g/mol. The molecule has 3 heterocycles. The summed E-state index contributed by atoms with van der Waals surface area (Å²) in [5.41, 5.74) is 9.34. The lowest BCUT2D eigenvalue weighted by Crippen LogP contribution is -2.23. The van der Waals surface area contributed by atoms with E-state index in [1.165, 1.54) is 11.6 Å². The van der Waals surface area contributed by atoms with E-state index in [1.807, 2.05) is 0 Å². The van der Waals surface area contributed by atoms with E-state index < -0.39 is 11.7 Å². The molecule has 9 heteroatoms. The van der Waals surface area contributed by atoms with E-state index in [2.05, 4.69) is 51.1 Å². The molecule has 0 spiro atoms.